The van der Waals surface area contributed by atoms with Crippen molar-refractivity contribution in [2.75, 3.05) is 0 Å². The van der Waals surface area contributed by atoms with Crippen LogP contribution in [0.25, 0.3) is 6.08 Å². The van der Waals surface area contributed by atoms with Crippen LogP contribution < -0.4 is 10.6 Å². The smallest absolute Gasteiger partial charge is 0.250 e. The summed E-state index contributed by atoms with van der Waals surface area (Å²) in [5, 5.41) is 6.39. The van der Waals surface area contributed by atoms with E-state index in [2.05, 4.69) is 10.6 Å². The minimum absolute atomic E-state index is 0.186. The van der Waals surface area contributed by atoms with E-state index in [-0.39, 0.29) is 11.9 Å². The van der Waals surface area contributed by atoms with Crippen molar-refractivity contribution in [2.45, 2.75) is 19.9 Å². The number of carbonyl (C=O) groups excluding carboxylic acids is 1. The summed E-state index contributed by atoms with van der Waals surface area (Å²) in [4.78, 5) is 11.6. The van der Waals surface area contributed by atoms with Crippen molar-refractivity contribution < 1.29 is 4.79 Å². The van der Waals surface area contributed by atoms with Crippen molar-refractivity contribution in [1.82, 2.24) is 10.6 Å². The molecule has 1 amide bonds. The number of rotatable bonds is 3. The van der Waals surface area contributed by atoms with Crippen molar-refractivity contribution in [1.29, 1.82) is 0 Å². The van der Waals surface area contributed by atoms with Gasteiger partial charge in [-0.3, -0.25) is 10.1 Å². The average molecular weight is 283 g/mol. The van der Waals surface area contributed by atoms with Crippen LogP contribution in [0.2, 0.25) is 5.02 Å². The third kappa shape index (κ3) is 5.29. The zero-order chi connectivity index (χ0) is 13.5. The lowest BCUT2D eigenvalue weighted by Crippen LogP contribution is -2.41. The molecule has 0 radical (unpaired) electrons. The Morgan fingerprint density at radius 1 is 1.39 bits per heavy atom. The fourth-order valence-electron chi connectivity index (χ4n) is 1.23. The van der Waals surface area contributed by atoms with Crippen molar-refractivity contribution in [2.24, 2.45) is 0 Å². The monoisotopic (exact) mass is 282 g/mol. The van der Waals surface area contributed by atoms with Gasteiger partial charge in [0.25, 0.3) is 0 Å². The van der Waals surface area contributed by atoms with Crippen LogP contribution in [-0.2, 0) is 4.79 Å². The largest absolute Gasteiger partial charge is 0.360 e. The van der Waals surface area contributed by atoms with E-state index in [1.54, 1.807) is 12.1 Å². The number of amides is 1. The summed E-state index contributed by atoms with van der Waals surface area (Å²) in [7, 11) is 0. The lowest BCUT2D eigenvalue weighted by molar-refractivity contribution is -0.115. The van der Waals surface area contributed by atoms with E-state index in [4.69, 9.17) is 23.8 Å². The van der Waals surface area contributed by atoms with Crippen molar-refractivity contribution in [3.05, 3.63) is 40.9 Å². The third-order valence-electron chi connectivity index (χ3n) is 1.98. The molecule has 0 fully saturated rings. The number of carbonyl (C=O) groups is 1. The van der Waals surface area contributed by atoms with Gasteiger partial charge < -0.3 is 5.32 Å². The van der Waals surface area contributed by atoms with Crippen LogP contribution in [0.4, 0.5) is 0 Å². The Morgan fingerprint density at radius 2 is 2.06 bits per heavy atom. The van der Waals surface area contributed by atoms with E-state index in [0.717, 1.165) is 5.56 Å². The highest BCUT2D eigenvalue weighted by Gasteiger charge is 2.02. The first-order valence-corrected chi connectivity index (χ1v) is 6.31. The SMILES string of the molecule is CC(C)NC(=S)NC(=O)/C=C/c1ccccc1Cl. The predicted molar refractivity (Wildman–Crippen MR) is 79.5 cm³/mol. The van der Waals surface area contributed by atoms with Gasteiger partial charge in [-0.1, -0.05) is 29.8 Å². The van der Waals surface area contributed by atoms with Gasteiger partial charge in [0.05, 0.1) is 0 Å². The maximum absolute atomic E-state index is 11.6. The quantitative estimate of drug-likeness (QED) is 0.662. The lowest BCUT2D eigenvalue weighted by atomic mass is 10.2. The molecule has 0 saturated carbocycles. The van der Waals surface area contributed by atoms with E-state index in [1.165, 1.54) is 6.08 Å². The first-order chi connectivity index (χ1) is 8.49. The number of thiocarbonyl (C=S) groups is 1. The highest BCUT2D eigenvalue weighted by molar-refractivity contribution is 7.80. The molecule has 3 nitrogen and oxygen atoms in total. The Bertz CT molecular complexity index is 472. The second-order valence-corrected chi connectivity index (χ2v) is 4.79. The number of benzene rings is 1. The Balaban J connectivity index is 2.55. The van der Waals surface area contributed by atoms with Crippen molar-refractivity contribution >= 4 is 40.9 Å². The molecule has 2 N–H and O–H groups in total. The van der Waals surface area contributed by atoms with Crippen LogP contribution in [0.3, 0.4) is 0 Å². The molecule has 0 aliphatic heterocycles. The predicted octanol–water partition coefficient (Wildman–Crippen LogP) is 2.75. The van der Waals surface area contributed by atoms with Gasteiger partial charge in [0.2, 0.25) is 5.91 Å². The fourth-order valence-corrected chi connectivity index (χ4v) is 1.76. The minimum Gasteiger partial charge on any atom is -0.360 e. The van der Waals surface area contributed by atoms with Crippen molar-refractivity contribution in [3.8, 4) is 0 Å². The Kier molecular flexibility index (Phi) is 5.82. The molecule has 1 aromatic rings. The lowest BCUT2D eigenvalue weighted by Gasteiger charge is -2.10. The molecule has 0 aliphatic rings. The number of nitrogens with one attached hydrogen (secondary N) is 2. The summed E-state index contributed by atoms with van der Waals surface area (Å²) in [6.45, 7) is 3.88. The molecule has 0 spiro atoms. The standard InChI is InChI=1S/C13H15ClN2OS/c1-9(2)15-13(18)16-12(17)8-7-10-5-3-4-6-11(10)14/h3-9H,1-2H3,(H2,15,16,17,18)/b8-7+. The van der Waals surface area contributed by atoms with E-state index >= 15 is 0 Å². The van der Waals surface area contributed by atoms with Gasteiger partial charge in [-0.2, -0.15) is 0 Å². The highest BCUT2D eigenvalue weighted by Crippen LogP contribution is 2.15. The Hall–Kier alpha value is -1.39. The van der Waals surface area contributed by atoms with Gasteiger partial charge in [-0.05, 0) is 43.8 Å². The molecule has 96 valence electrons. The molecule has 0 aromatic heterocycles. The summed E-state index contributed by atoms with van der Waals surface area (Å²) in [6, 6.07) is 7.47. The first-order valence-electron chi connectivity index (χ1n) is 5.53. The molecule has 1 rings (SSSR count). The fraction of sp³-hybridized carbons (Fsp3) is 0.231. The summed E-state index contributed by atoms with van der Waals surface area (Å²) in [6.07, 6.45) is 3.05. The van der Waals surface area contributed by atoms with Crippen LogP contribution in [0.1, 0.15) is 19.4 Å². The van der Waals surface area contributed by atoms with Gasteiger partial charge in [-0.25, -0.2) is 0 Å². The second-order valence-electron chi connectivity index (χ2n) is 3.97. The van der Waals surface area contributed by atoms with Gasteiger partial charge in [0, 0.05) is 17.1 Å². The molecule has 0 unspecified atom stereocenters. The molecular formula is C13H15ClN2OS. The molecule has 0 aliphatic carbocycles. The normalized spacial score (nSPS) is 10.7. The molecule has 0 atom stereocenters. The number of hydrogen-bond acceptors (Lipinski definition) is 2. The minimum atomic E-state index is -0.284. The average Bonchev–Trinajstić information content (AvgIpc) is 2.26. The maximum atomic E-state index is 11.6. The van der Waals surface area contributed by atoms with E-state index in [0.29, 0.717) is 10.1 Å². The highest BCUT2D eigenvalue weighted by atomic mass is 35.5. The van der Waals surface area contributed by atoms with Crippen LogP contribution in [0.15, 0.2) is 30.3 Å². The summed E-state index contributed by atoms with van der Waals surface area (Å²) in [5.41, 5.74) is 0.789. The van der Waals surface area contributed by atoms with Crippen LogP contribution in [-0.4, -0.2) is 17.1 Å². The van der Waals surface area contributed by atoms with Crippen LogP contribution in [0.5, 0.6) is 0 Å². The zero-order valence-corrected chi connectivity index (χ0v) is 11.8. The Labute approximate surface area is 117 Å². The molecule has 5 heteroatoms. The van der Waals surface area contributed by atoms with Crippen LogP contribution >= 0.6 is 23.8 Å². The zero-order valence-electron chi connectivity index (χ0n) is 10.2. The topological polar surface area (TPSA) is 41.1 Å². The third-order valence-corrected chi connectivity index (χ3v) is 2.54. The molecular weight excluding hydrogens is 268 g/mol. The van der Waals surface area contributed by atoms with Crippen LogP contribution in [0, 0.1) is 0 Å². The van der Waals surface area contributed by atoms with Crippen molar-refractivity contribution in [3.63, 3.8) is 0 Å². The first kappa shape index (κ1) is 14.7. The molecule has 18 heavy (non-hydrogen) atoms. The van der Waals surface area contributed by atoms with Gasteiger partial charge in [-0.15, -0.1) is 0 Å². The Morgan fingerprint density at radius 3 is 2.67 bits per heavy atom. The number of halogens is 1. The second kappa shape index (κ2) is 7.13. The summed E-state index contributed by atoms with van der Waals surface area (Å²) in [5.74, 6) is -0.284. The van der Waals surface area contributed by atoms with E-state index in [9.17, 15) is 4.79 Å². The number of hydrogen-bond donors (Lipinski definition) is 2. The van der Waals surface area contributed by atoms with E-state index in [1.807, 2.05) is 32.0 Å². The molecule has 1 aromatic carbocycles. The van der Waals surface area contributed by atoms with Gasteiger partial charge in [0.1, 0.15) is 0 Å². The van der Waals surface area contributed by atoms with Gasteiger partial charge in [0.15, 0.2) is 5.11 Å². The molecule has 0 heterocycles. The molecule has 0 saturated heterocycles. The summed E-state index contributed by atoms with van der Waals surface area (Å²) >= 11 is 10.9. The molecule has 0 bridgehead atoms. The van der Waals surface area contributed by atoms with Gasteiger partial charge >= 0.3 is 0 Å². The summed E-state index contributed by atoms with van der Waals surface area (Å²) < 4.78 is 0. The van der Waals surface area contributed by atoms with E-state index < -0.39 is 0 Å². The maximum Gasteiger partial charge on any atom is 0.250 e.